The maximum atomic E-state index is 12.3. The van der Waals surface area contributed by atoms with Gasteiger partial charge in [0.2, 0.25) is 11.8 Å². The fourth-order valence-corrected chi connectivity index (χ4v) is 2.77. The zero-order valence-electron chi connectivity index (χ0n) is 10.4. The van der Waals surface area contributed by atoms with Crippen LogP contribution in [0.4, 0.5) is 0 Å². The zero-order chi connectivity index (χ0) is 12.3. The SMILES string of the molecule is CNC(=O)C1CCCN1C(=O)C1CCNCC1. The zero-order valence-corrected chi connectivity index (χ0v) is 10.4. The van der Waals surface area contributed by atoms with Crippen molar-refractivity contribution < 1.29 is 9.59 Å². The van der Waals surface area contributed by atoms with E-state index in [1.807, 2.05) is 0 Å². The van der Waals surface area contributed by atoms with Crippen molar-refractivity contribution in [3.8, 4) is 0 Å². The molecule has 0 bridgehead atoms. The molecule has 2 amide bonds. The number of carbonyl (C=O) groups excluding carboxylic acids is 2. The first-order valence-electron chi connectivity index (χ1n) is 6.47. The molecule has 2 rings (SSSR count). The number of hydrogen-bond donors (Lipinski definition) is 2. The van der Waals surface area contributed by atoms with Crippen molar-refractivity contribution in [1.82, 2.24) is 15.5 Å². The molecule has 96 valence electrons. The molecular formula is C12H21N3O2. The van der Waals surface area contributed by atoms with Crippen LogP contribution in [0.25, 0.3) is 0 Å². The maximum Gasteiger partial charge on any atom is 0.242 e. The van der Waals surface area contributed by atoms with Gasteiger partial charge in [-0.3, -0.25) is 9.59 Å². The van der Waals surface area contributed by atoms with Gasteiger partial charge < -0.3 is 15.5 Å². The molecule has 0 aliphatic carbocycles. The van der Waals surface area contributed by atoms with Crippen molar-refractivity contribution in [2.24, 2.45) is 5.92 Å². The summed E-state index contributed by atoms with van der Waals surface area (Å²) in [7, 11) is 1.63. The Kier molecular flexibility index (Phi) is 3.99. The van der Waals surface area contributed by atoms with Gasteiger partial charge in [-0.15, -0.1) is 0 Å². The number of hydrogen-bond acceptors (Lipinski definition) is 3. The Morgan fingerprint density at radius 2 is 1.94 bits per heavy atom. The summed E-state index contributed by atoms with van der Waals surface area (Å²) in [5, 5.41) is 5.90. The van der Waals surface area contributed by atoms with Crippen LogP contribution in [0.5, 0.6) is 0 Å². The summed E-state index contributed by atoms with van der Waals surface area (Å²) in [6.45, 7) is 2.56. The van der Waals surface area contributed by atoms with E-state index in [4.69, 9.17) is 0 Å². The fourth-order valence-electron chi connectivity index (χ4n) is 2.77. The van der Waals surface area contributed by atoms with Crippen LogP contribution >= 0.6 is 0 Å². The Balaban J connectivity index is 1.99. The van der Waals surface area contributed by atoms with Crippen LogP contribution < -0.4 is 10.6 Å². The average molecular weight is 239 g/mol. The summed E-state index contributed by atoms with van der Waals surface area (Å²) in [6.07, 6.45) is 3.54. The lowest BCUT2D eigenvalue weighted by atomic mass is 9.96. The van der Waals surface area contributed by atoms with Crippen molar-refractivity contribution in [3.63, 3.8) is 0 Å². The van der Waals surface area contributed by atoms with Crippen LogP contribution in [0.2, 0.25) is 0 Å². The highest BCUT2D eigenvalue weighted by atomic mass is 16.2. The first kappa shape index (κ1) is 12.4. The van der Waals surface area contributed by atoms with Crippen molar-refractivity contribution >= 4 is 11.8 Å². The number of likely N-dealkylation sites (N-methyl/N-ethyl adjacent to an activating group) is 1. The van der Waals surface area contributed by atoms with Crippen LogP contribution in [0.3, 0.4) is 0 Å². The molecular weight excluding hydrogens is 218 g/mol. The van der Waals surface area contributed by atoms with Crippen molar-refractivity contribution in [2.45, 2.75) is 31.7 Å². The summed E-state index contributed by atoms with van der Waals surface area (Å²) in [6, 6.07) is -0.234. The normalized spacial score (nSPS) is 25.9. The molecule has 17 heavy (non-hydrogen) atoms. The number of piperidine rings is 1. The molecule has 0 aromatic rings. The minimum Gasteiger partial charge on any atom is -0.357 e. The van der Waals surface area contributed by atoms with Crippen LogP contribution in [0.15, 0.2) is 0 Å². The van der Waals surface area contributed by atoms with Gasteiger partial charge in [-0.25, -0.2) is 0 Å². The second-order valence-electron chi connectivity index (χ2n) is 4.83. The predicted octanol–water partition coefficient (Wildman–Crippen LogP) is -0.277. The lowest BCUT2D eigenvalue weighted by Crippen LogP contribution is -2.48. The highest BCUT2D eigenvalue weighted by Crippen LogP contribution is 2.23. The maximum absolute atomic E-state index is 12.3. The molecule has 0 spiro atoms. The lowest BCUT2D eigenvalue weighted by molar-refractivity contribution is -0.142. The summed E-state index contributed by atoms with van der Waals surface area (Å²) in [4.78, 5) is 25.8. The number of likely N-dealkylation sites (tertiary alicyclic amines) is 1. The third-order valence-corrected chi connectivity index (χ3v) is 3.77. The molecule has 2 aliphatic heterocycles. The van der Waals surface area contributed by atoms with Crippen LogP contribution in [-0.2, 0) is 9.59 Å². The van der Waals surface area contributed by atoms with Gasteiger partial charge in [-0.2, -0.15) is 0 Å². The third-order valence-electron chi connectivity index (χ3n) is 3.77. The largest absolute Gasteiger partial charge is 0.357 e. The number of nitrogens with one attached hydrogen (secondary N) is 2. The van der Waals surface area contributed by atoms with Gasteiger partial charge in [0, 0.05) is 19.5 Å². The standard InChI is InChI=1S/C12H21N3O2/c1-13-11(16)10-3-2-8-15(10)12(17)9-4-6-14-7-5-9/h9-10,14H,2-8H2,1H3,(H,13,16). The van der Waals surface area contributed by atoms with Crippen molar-refractivity contribution in [2.75, 3.05) is 26.7 Å². The van der Waals surface area contributed by atoms with E-state index in [-0.39, 0.29) is 23.8 Å². The number of nitrogens with zero attached hydrogens (tertiary/aromatic N) is 1. The van der Waals surface area contributed by atoms with E-state index in [9.17, 15) is 9.59 Å². The van der Waals surface area contributed by atoms with Crippen molar-refractivity contribution in [3.05, 3.63) is 0 Å². The van der Waals surface area contributed by atoms with Gasteiger partial charge in [-0.05, 0) is 38.8 Å². The van der Waals surface area contributed by atoms with Crippen LogP contribution in [0, 0.1) is 5.92 Å². The predicted molar refractivity (Wildman–Crippen MR) is 64.4 cm³/mol. The number of rotatable bonds is 2. The second kappa shape index (κ2) is 5.49. The Bertz CT molecular complexity index is 300. The molecule has 5 heteroatoms. The smallest absolute Gasteiger partial charge is 0.242 e. The molecule has 0 saturated carbocycles. The van der Waals surface area contributed by atoms with E-state index in [1.165, 1.54) is 0 Å². The van der Waals surface area contributed by atoms with Gasteiger partial charge in [0.05, 0.1) is 0 Å². The first-order valence-corrected chi connectivity index (χ1v) is 6.47. The molecule has 2 aliphatic rings. The molecule has 0 aromatic heterocycles. The molecule has 5 nitrogen and oxygen atoms in total. The Morgan fingerprint density at radius 1 is 1.24 bits per heavy atom. The minimum absolute atomic E-state index is 0.0233. The molecule has 2 saturated heterocycles. The van der Waals surface area contributed by atoms with E-state index < -0.39 is 0 Å². The quantitative estimate of drug-likeness (QED) is 0.697. The monoisotopic (exact) mass is 239 g/mol. The molecule has 0 radical (unpaired) electrons. The fraction of sp³-hybridized carbons (Fsp3) is 0.833. The average Bonchev–Trinajstić information content (AvgIpc) is 2.87. The lowest BCUT2D eigenvalue weighted by Gasteiger charge is -2.30. The van der Waals surface area contributed by atoms with Gasteiger partial charge in [0.15, 0.2) is 0 Å². The molecule has 2 N–H and O–H groups in total. The summed E-state index contributed by atoms with van der Waals surface area (Å²) in [5.41, 5.74) is 0. The van der Waals surface area contributed by atoms with E-state index in [2.05, 4.69) is 10.6 Å². The number of amides is 2. The Hall–Kier alpha value is -1.10. The highest BCUT2D eigenvalue weighted by Gasteiger charge is 2.36. The molecule has 1 atom stereocenters. The molecule has 1 unspecified atom stereocenters. The van der Waals surface area contributed by atoms with Crippen LogP contribution in [0.1, 0.15) is 25.7 Å². The number of carbonyl (C=O) groups is 2. The first-order chi connectivity index (χ1) is 8.24. The summed E-state index contributed by atoms with van der Waals surface area (Å²) < 4.78 is 0. The summed E-state index contributed by atoms with van der Waals surface area (Å²) in [5.74, 6) is 0.267. The Morgan fingerprint density at radius 3 is 2.59 bits per heavy atom. The van der Waals surface area contributed by atoms with Gasteiger partial charge >= 0.3 is 0 Å². The van der Waals surface area contributed by atoms with E-state index in [0.29, 0.717) is 0 Å². The second-order valence-corrected chi connectivity index (χ2v) is 4.83. The van der Waals surface area contributed by atoms with E-state index in [0.717, 1.165) is 45.3 Å². The van der Waals surface area contributed by atoms with Gasteiger partial charge in [-0.1, -0.05) is 0 Å². The van der Waals surface area contributed by atoms with E-state index >= 15 is 0 Å². The van der Waals surface area contributed by atoms with Gasteiger partial charge in [0.25, 0.3) is 0 Å². The highest BCUT2D eigenvalue weighted by molar-refractivity contribution is 5.89. The van der Waals surface area contributed by atoms with Crippen LogP contribution in [-0.4, -0.2) is 49.4 Å². The topological polar surface area (TPSA) is 61.4 Å². The van der Waals surface area contributed by atoms with Gasteiger partial charge in [0.1, 0.15) is 6.04 Å². The minimum atomic E-state index is -0.234. The van der Waals surface area contributed by atoms with E-state index in [1.54, 1.807) is 11.9 Å². The third kappa shape index (κ3) is 2.60. The Labute approximate surface area is 102 Å². The molecule has 2 heterocycles. The molecule has 2 fully saturated rings. The molecule has 0 aromatic carbocycles. The summed E-state index contributed by atoms with van der Waals surface area (Å²) >= 11 is 0. The van der Waals surface area contributed by atoms with Crippen molar-refractivity contribution in [1.29, 1.82) is 0 Å².